The second-order valence-corrected chi connectivity index (χ2v) is 11.7. The van der Waals surface area contributed by atoms with Crippen molar-refractivity contribution in [3.63, 3.8) is 0 Å². The molecule has 0 radical (unpaired) electrons. The fourth-order valence-corrected chi connectivity index (χ4v) is 5.46. The van der Waals surface area contributed by atoms with E-state index >= 15 is 0 Å². The van der Waals surface area contributed by atoms with Gasteiger partial charge in [0.05, 0.1) is 26.4 Å². The molecule has 0 aliphatic rings. The van der Waals surface area contributed by atoms with E-state index in [1.807, 2.05) is 84.9 Å². The summed E-state index contributed by atoms with van der Waals surface area (Å²) in [4.78, 5) is 47.6. The summed E-state index contributed by atoms with van der Waals surface area (Å²) in [7, 11) is 0. The highest BCUT2D eigenvalue weighted by Crippen LogP contribution is 2.21. The van der Waals surface area contributed by atoms with Crippen LogP contribution in [0.25, 0.3) is 0 Å². The highest BCUT2D eigenvalue weighted by atomic mass is 32.2. The summed E-state index contributed by atoms with van der Waals surface area (Å²) in [5.41, 5.74) is 1.76. The first-order valence-electron chi connectivity index (χ1n) is 14.1. The van der Waals surface area contributed by atoms with Crippen LogP contribution in [0.2, 0.25) is 0 Å². The zero-order chi connectivity index (χ0) is 33.0. The topological polar surface area (TPSA) is 146 Å². The molecule has 0 aliphatic heterocycles. The molecule has 2 atom stereocenters. The van der Waals surface area contributed by atoms with Crippen LogP contribution in [0.3, 0.4) is 0 Å². The van der Waals surface area contributed by atoms with Crippen molar-refractivity contribution < 1.29 is 48.3 Å². The van der Waals surface area contributed by atoms with Crippen LogP contribution >= 0.6 is 23.5 Å². The van der Waals surface area contributed by atoms with Crippen LogP contribution in [-0.2, 0) is 51.3 Å². The van der Waals surface area contributed by atoms with E-state index < -0.39 is 36.1 Å². The van der Waals surface area contributed by atoms with Gasteiger partial charge in [-0.2, -0.15) is 0 Å². The number of carbonyl (C=O) groups excluding carboxylic acids is 2. The molecule has 0 spiro atoms. The molecular weight excluding hydrogens is 632 g/mol. The molecule has 0 saturated carbocycles. The molecule has 3 rings (SSSR count). The second-order valence-electron chi connectivity index (χ2n) is 9.56. The lowest BCUT2D eigenvalue weighted by Crippen LogP contribution is -2.25. The Bertz CT molecular complexity index is 1330. The maximum Gasteiger partial charge on any atom is 0.331 e. The van der Waals surface area contributed by atoms with Gasteiger partial charge in [0.15, 0.2) is 0 Å². The average molecular weight is 667 g/mol. The molecule has 0 heterocycles. The first-order valence-corrected chi connectivity index (χ1v) is 16.1. The van der Waals surface area contributed by atoms with E-state index in [1.54, 1.807) is 0 Å². The fourth-order valence-electron chi connectivity index (χ4n) is 3.68. The van der Waals surface area contributed by atoms with Gasteiger partial charge in [-0.25, -0.2) is 19.2 Å². The Balaban J connectivity index is 1.48. The maximum absolute atomic E-state index is 12.1. The Morgan fingerprint density at radius 1 is 0.565 bits per heavy atom. The van der Waals surface area contributed by atoms with Gasteiger partial charge >= 0.3 is 23.9 Å². The number of esters is 2. The average Bonchev–Trinajstić information content (AvgIpc) is 3.05. The normalized spacial score (nSPS) is 12.5. The zero-order valence-electron chi connectivity index (χ0n) is 24.8. The van der Waals surface area contributed by atoms with Gasteiger partial charge in [0, 0.05) is 45.6 Å². The van der Waals surface area contributed by atoms with Gasteiger partial charge in [-0.1, -0.05) is 60.7 Å². The van der Waals surface area contributed by atoms with Crippen molar-refractivity contribution in [2.45, 2.75) is 35.2 Å². The molecule has 0 saturated heterocycles. The quantitative estimate of drug-likeness (QED) is 0.0903. The second kappa shape index (κ2) is 20.6. The van der Waals surface area contributed by atoms with Crippen molar-refractivity contribution >= 4 is 47.4 Å². The van der Waals surface area contributed by atoms with E-state index in [4.69, 9.17) is 29.2 Å². The van der Waals surface area contributed by atoms with Crippen molar-refractivity contribution in [2.75, 3.05) is 24.7 Å². The summed E-state index contributed by atoms with van der Waals surface area (Å²) < 4.78 is 22.5. The molecular formula is C34H34O10S2. The van der Waals surface area contributed by atoms with E-state index in [-0.39, 0.29) is 26.4 Å². The molecule has 10 nitrogen and oxygen atoms in total. The smallest absolute Gasteiger partial charge is 0.331 e. The van der Waals surface area contributed by atoms with Crippen molar-refractivity contribution in [1.82, 2.24) is 0 Å². The molecule has 0 aliphatic carbocycles. The number of ether oxygens (including phenoxy) is 4. The summed E-state index contributed by atoms with van der Waals surface area (Å²) in [5, 5.41) is 17.5. The maximum atomic E-state index is 12.1. The minimum atomic E-state index is -1.24. The standard InChI is InChI=1S/C34H34O10S2/c35-31(36)15-17-33(39)43-27(23-45-29-7-3-1-4-8-29)21-41-19-25-11-13-26(14-12-25)20-42-22-28(44-34(40)18-16-32(37)38)24-46-30-9-5-2-6-10-30/h1-18,27-28H,19-24H2,(H,35,36)(H,37,38)/b17-15-,18-16-. The molecule has 0 bridgehead atoms. The summed E-state index contributed by atoms with van der Waals surface area (Å²) in [5.74, 6) is -3.17. The number of carboxylic acids is 2. The van der Waals surface area contributed by atoms with Crippen LogP contribution in [0.15, 0.2) is 119 Å². The Hall–Kier alpha value is -4.36. The van der Waals surface area contributed by atoms with Crippen LogP contribution in [0.1, 0.15) is 11.1 Å². The number of benzene rings is 3. The Morgan fingerprint density at radius 2 is 0.935 bits per heavy atom. The zero-order valence-corrected chi connectivity index (χ0v) is 26.4. The van der Waals surface area contributed by atoms with Crippen molar-refractivity contribution in [3.05, 3.63) is 120 Å². The number of hydrogen-bond acceptors (Lipinski definition) is 10. The van der Waals surface area contributed by atoms with Gasteiger partial charge in [-0.15, -0.1) is 23.5 Å². The monoisotopic (exact) mass is 666 g/mol. The molecule has 46 heavy (non-hydrogen) atoms. The van der Waals surface area contributed by atoms with Crippen LogP contribution < -0.4 is 0 Å². The van der Waals surface area contributed by atoms with E-state index in [2.05, 4.69) is 0 Å². The number of hydrogen-bond donors (Lipinski definition) is 2. The van der Waals surface area contributed by atoms with Gasteiger partial charge in [0.2, 0.25) is 0 Å². The number of aliphatic carboxylic acids is 2. The van der Waals surface area contributed by atoms with Gasteiger partial charge < -0.3 is 29.2 Å². The first kappa shape index (κ1) is 36.1. The molecule has 3 aromatic rings. The highest BCUT2D eigenvalue weighted by molar-refractivity contribution is 7.99. The minimum Gasteiger partial charge on any atom is -0.478 e. The van der Waals surface area contributed by atoms with E-state index in [0.717, 1.165) is 45.2 Å². The van der Waals surface area contributed by atoms with Gasteiger partial charge in [0.25, 0.3) is 0 Å². The van der Waals surface area contributed by atoms with E-state index in [1.165, 1.54) is 23.5 Å². The van der Waals surface area contributed by atoms with Crippen LogP contribution in [0.4, 0.5) is 0 Å². The molecule has 2 unspecified atom stereocenters. The minimum absolute atomic E-state index is 0.111. The van der Waals surface area contributed by atoms with Crippen molar-refractivity contribution in [2.24, 2.45) is 0 Å². The number of carbonyl (C=O) groups is 4. The summed E-state index contributed by atoms with van der Waals surface area (Å²) >= 11 is 2.99. The van der Waals surface area contributed by atoms with Crippen LogP contribution in [-0.4, -0.2) is 71.0 Å². The highest BCUT2D eigenvalue weighted by Gasteiger charge is 2.16. The van der Waals surface area contributed by atoms with Crippen molar-refractivity contribution in [1.29, 1.82) is 0 Å². The van der Waals surface area contributed by atoms with Crippen LogP contribution in [0, 0.1) is 0 Å². The summed E-state index contributed by atoms with van der Waals surface area (Å²) in [6.07, 6.45) is 1.98. The SMILES string of the molecule is O=C(O)/C=C\C(=O)OC(COCc1ccc(COCC(CSc2ccccc2)OC(=O)/C=C\C(=O)O)cc1)CSc1ccccc1. The number of rotatable bonds is 20. The fraction of sp³-hybridized carbons (Fsp3) is 0.235. The molecule has 2 N–H and O–H groups in total. The summed E-state index contributed by atoms with van der Waals surface area (Å²) in [6.45, 7) is 0.740. The lowest BCUT2D eigenvalue weighted by molar-refractivity contribution is -0.146. The molecule has 12 heteroatoms. The number of thioether (sulfide) groups is 2. The summed E-state index contributed by atoms with van der Waals surface area (Å²) in [6, 6.07) is 26.7. The Kier molecular flexibility index (Phi) is 16.2. The molecule has 3 aromatic carbocycles. The third-order valence-electron chi connectivity index (χ3n) is 5.82. The van der Waals surface area contributed by atoms with Gasteiger partial charge in [-0.3, -0.25) is 0 Å². The van der Waals surface area contributed by atoms with E-state index in [0.29, 0.717) is 11.5 Å². The molecule has 0 fully saturated rings. The van der Waals surface area contributed by atoms with Crippen LogP contribution in [0.5, 0.6) is 0 Å². The third-order valence-corrected chi connectivity index (χ3v) is 8.10. The largest absolute Gasteiger partial charge is 0.478 e. The van der Waals surface area contributed by atoms with Gasteiger partial charge in [-0.05, 0) is 35.4 Å². The van der Waals surface area contributed by atoms with Crippen molar-refractivity contribution in [3.8, 4) is 0 Å². The van der Waals surface area contributed by atoms with E-state index in [9.17, 15) is 19.2 Å². The predicted octanol–water partition coefficient (Wildman–Crippen LogP) is 5.41. The Labute approximate surface area is 275 Å². The predicted molar refractivity (Wildman–Crippen MR) is 173 cm³/mol. The first-order chi connectivity index (χ1) is 22.3. The van der Waals surface area contributed by atoms with Gasteiger partial charge in [0.1, 0.15) is 12.2 Å². The lowest BCUT2D eigenvalue weighted by atomic mass is 10.1. The number of carboxylic acid groups (broad SMARTS) is 2. The Morgan fingerprint density at radius 3 is 1.28 bits per heavy atom. The lowest BCUT2D eigenvalue weighted by Gasteiger charge is -2.18. The molecule has 0 aromatic heterocycles. The molecule has 0 amide bonds. The molecule has 242 valence electrons. The third kappa shape index (κ3) is 15.6.